The van der Waals surface area contributed by atoms with Crippen LogP contribution in [0.1, 0.15) is 12.8 Å². The Morgan fingerprint density at radius 3 is 2.30 bits per heavy atom. The van der Waals surface area contributed by atoms with Crippen LogP contribution in [0.4, 0.5) is 0 Å². The molecule has 0 saturated heterocycles. The van der Waals surface area contributed by atoms with Gasteiger partial charge in [0.25, 0.3) is 0 Å². The molecule has 0 aliphatic carbocycles. The molecule has 0 rings (SSSR count). The van der Waals surface area contributed by atoms with Gasteiger partial charge in [-0.05, 0) is 6.42 Å². The lowest BCUT2D eigenvalue weighted by Gasteiger charge is -2.09. The molecule has 2 heteroatoms. The van der Waals surface area contributed by atoms with Gasteiger partial charge in [-0.3, -0.25) is 0 Å². The van der Waals surface area contributed by atoms with Gasteiger partial charge in [-0.25, -0.2) is 0 Å². The summed E-state index contributed by atoms with van der Waals surface area (Å²) in [7, 11) is 0. The fourth-order valence-corrected chi connectivity index (χ4v) is 0.664. The van der Waals surface area contributed by atoms with E-state index in [0.717, 1.165) is 0 Å². The summed E-state index contributed by atoms with van der Waals surface area (Å²) in [6.45, 7) is 6.85. The second kappa shape index (κ2) is 5.21. The second-order valence-electron chi connectivity index (χ2n) is 2.22. The summed E-state index contributed by atoms with van der Waals surface area (Å²) in [6, 6.07) is 0. The zero-order valence-corrected chi connectivity index (χ0v) is 6.03. The van der Waals surface area contributed by atoms with Crippen molar-refractivity contribution in [2.75, 3.05) is 0 Å². The summed E-state index contributed by atoms with van der Waals surface area (Å²) in [4.78, 5) is 0. The third kappa shape index (κ3) is 4.30. The molecular weight excluding hydrogens is 128 g/mol. The first-order valence-electron chi connectivity index (χ1n) is 3.30. The third-order valence-corrected chi connectivity index (χ3v) is 1.22. The van der Waals surface area contributed by atoms with Crippen molar-refractivity contribution < 1.29 is 10.2 Å². The topological polar surface area (TPSA) is 40.5 Å². The molecule has 58 valence electrons. The van der Waals surface area contributed by atoms with Crippen molar-refractivity contribution in [2.24, 2.45) is 0 Å². The van der Waals surface area contributed by atoms with Crippen LogP contribution in [-0.4, -0.2) is 22.4 Å². The van der Waals surface area contributed by atoms with Gasteiger partial charge < -0.3 is 10.2 Å². The van der Waals surface area contributed by atoms with Crippen LogP contribution < -0.4 is 0 Å². The Labute approximate surface area is 61.5 Å². The fourth-order valence-electron chi connectivity index (χ4n) is 0.664. The van der Waals surface area contributed by atoms with E-state index in [1.165, 1.54) is 6.08 Å². The molecule has 0 aromatic rings. The molecular formula is C8H14O2. The first-order chi connectivity index (χ1) is 4.70. The van der Waals surface area contributed by atoms with Crippen molar-refractivity contribution in [3.05, 3.63) is 25.3 Å². The lowest BCUT2D eigenvalue weighted by molar-refractivity contribution is 0.106. The van der Waals surface area contributed by atoms with E-state index in [1.807, 2.05) is 0 Å². The first kappa shape index (κ1) is 9.40. The molecule has 0 amide bonds. The zero-order chi connectivity index (χ0) is 7.98. The molecule has 0 radical (unpaired) electrons. The van der Waals surface area contributed by atoms with Gasteiger partial charge in [-0.2, -0.15) is 0 Å². The molecule has 0 aromatic carbocycles. The number of rotatable bonds is 5. The zero-order valence-electron chi connectivity index (χ0n) is 6.03. The van der Waals surface area contributed by atoms with Crippen molar-refractivity contribution in [3.8, 4) is 0 Å². The Morgan fingerprint density at radius 1 is 1.30 bits per heavy atom. The monoisotopic (exact) mass is 142 g/mol. The predicted molar refractivity (Wildman–Crippen MR) is 41.6 cm³/mol. The van der Waals surface area contributed by atoms with E-state index >= 15 is 0 Å². The van der Waals surface area contributed by atoms with Gasteiger partial charge in [0.15, 0.2) is 0 Å². The van der Waals surface area contributed by atoms with Gasteiger partial charge in [0.05, 0.1) is 12.2 Å². The van der Waals surface area contributed by atoms with Crippen LogP contribution >= 0.6 is 0 Å². The summed E-state index contributed by atoms with van der Waals surface area (Å²) < 4.78 is 0. The highest BCUT2D eigenvalue weighted by molar-refractivity contribution is 4.82. The molecule has 2 N–H and O–H groups in total. The molecule has 0 saturated carbocycles. The number of aliphatic hydroxyl groups is 2. The van der Waals surface area contributed by atoms with Crippen LogP contribution in [0.2, 0.25) is 0 Å². The van der Waals surface area contributed by atoms with E-state index in [1.54, 1.807) is 6.08 Å². The third-order valence-electron chi connectivity index (χ3n) is 1.22. The molecule has 0 bridgehead atoms. The van der Waals surface area contributed by atoms with Crippen LogP contribution in [0, 0.1) is 0 Å². The van der Waals surface area contributed by atoms with Crippen LogP contribution in [-0.2, 0) is 0 Å². The highest BCUT2D eigenvalue weighted by Gasteiger charge is 2.05. The minimum atomic E-state index is -0.602. The Hall–Kier alpha value is -0.600. The van der Waals surface area contributed by atoms with Gasteiger partial charge >= 0.3 is 0 Å². The molecule has 2 atom stereocenters. The van der Waals surface area contributed by atoms with Crippen LogP contribution in [0.15, 0.2) is 25.3 Å². The fraction of sp³-hybridized carbons (Fsp3) is 0.500. The highest BCUT2D eigenvalue weighted by atomic mass is 16.3. The molecule has 0 aliphatic heterocycles. The van der Waals surface area contributed by atoms with Crippen LogP contribution in [0.25, 0.3) is 0 Å². The lowest BCUT2D eigenvalue weighted by atomic mass is 10.1. The van der Waals surface area contributed by atoms with Crippen molar-refractivity contribution in [2.45, 2.75) is 25.0 Å². The Morgan fingerprint density at radius 2 is 1.90 bits per heavy atom. The summed E-state index contributed by atoms with van der Waals surface area (Å²) in [5.41, 5.74) is 0. The van der Waals surface area contributed by atoms with Crippen molar-refractivity contribution in [3.63, 3.8) is 0 Å². The van der Waals surface area contributed by atoms with E-state index in [-0.39, 0.29) is 0 Å². The van der Waals surface area contributed by atoms with E-state index in [4.69, 9.17) is 10.2 Å². The Bertz CT molecular complexity index is 110. The standard InChI is InChI=1S/C8H14O2/c1-3-5-8(10)6-7(9)4-2/h3-4,7-10H,1-2,5-6H2. The van der Waals surface area contributed by atoms with E-state index < -0.39 is 12.2 Å². The summed E-state index contributed by atoms with van der Waals surface area (Å²) in [5.74, 6) is 0. The van der Waals surface area contributed by atoms with Gasteiger partial charge in [0, 0.05) is 6.42 Å². The first-order valence-corrected chi connectivity index (χ1v) is 3.30. The molecule has 10 heavy (non-hydrogen) atoms. The average Bonchev–Trinajstić information content (AvgIpc) is 1.88. The number of hydrogen-bond donors (Lipinski definition) is 2. The van der Waals surface area contributed by atoms with E-state index in [0.29, 0.717) is 12.8 Å². The van der Waals surface area contributed by atoms with Gasteiger partial charge in [0.1, 0.15) is 0 Å². The largest absolute Gasteiger partial charge is 0.393 e. The predicted octanol–water partition coefficient (Wildman–Crippen LogP) is 0.860. The van der Waals surface area contributed by atoms with Crippen molar-refractivity contribution in [1.29, 1.82) is 0 Å². The SMILES string of the molecule is C=CCC(O)CC(O)C=C. The van der Waals surface area contributed by atoms with Gasteiger partial charge in [-0.15, -0.1) is 13.2 Å². The maximum atomic E-state index is 9.07. The molecule has 0 aromatic heterocycles. The smallest absolute Gasteiger partial charge is 0.0743 e. The maximum Gasteiger partial charge on any atom is 0.0743 e. The Balaban J connectivity index is 3.45. The van der Waals surface area contributed by atoms with Crippen LogP contribution in [0.5, 0.6) is 0 Å². The van der Waals surface area contributed by atoms with E-state index in [9.17, 15) is 0 Å². The van der Waals surface area contributed by atoms with Crippen molar-refractivity contribution in [1.82, 2.24) is 0 Å². The molecule has 2 nitrogen and oxygen atoms in total. The maximum absolute atomic E-state index is 9.07. The summed E-state index contributed by atoms with van der Waals surface area (Å²) >= 11 is 0. The number of aliphatic hydroxyl groups excluding tert-OH is 2. The van der Waals surface area contributed by atoms with Crippen molar-refractivity contribution >= 4 is 0 Å². The highest BCUT2D eigenvalue weighted by Crippen LogP contribution is 2.02. The number of hydrogen-bond acceptors (Lipinski definition) is 2. The van der Waals surface area contributed by atoms with Gasteiger partial charge in [0.2, 0.25) is 0 Å². The average molecular weight is 142 g/mol. The minimum absolute atomic E-state index is 0.343. The summed E-state index contributed by atoms with van der Waals surface area (Å²) in [5, 5.41) is 18.0. The molecule has 0 heterocycles. The van der Waals surface area contributed by atoms with Crippen LogP contribution in [0.3, 0.4) is 0 Å². The molecule has 0 aliphatic rings. The second-order valence-corrected chi connectivity index (χ2v) is 2.22. The van der Waals surface area contributed by atoms with E-state index in [2.05, 4.69) is 13.2 Å². The molecule has 0 spiro atoms. The normalized spacial score (nSPS) is 15.8. The minimum Gasteiger partial charge on any atom is -0.393 e. The van der Waals surface area contributed by atoms with Gasteiger partial charge in [-0.1, -0.05) is 12.2 Å². The molecule has 2 unspecified atom stereocenters. The quantitative estimate of drug-likeness (QED) is 0.559. The lowest BCUT2D eigenvalue weighted by Crippen LogP contribution is -2.14. The summed E-state index contributed by atoms with van der Waals surface area (Å²) in [6.07, 6.45) is 2.80. The Kier molecular flexibility index (Phi) is 4.89. The molecule has 0 fully saturated rings.